The van der Waals surface area contributed by atoms with Crippen molar-refractivity contribution in [3.05, 3.63) is 54.4 Å². The van der Waals surface area contributed by atoms with Crippen molar-refractivity contribution in [2.24, 2.45) is 0 Å². The summed E-state index contributed by atoms with van der Waals surface area (Å²) in [6.45, 7) is 3.68. The summed E-state index contributed by atoms with van der Waals surface area (Å²) in [6.07, 6.45) is 7.71. The predicted octanol–water partition coefficient (Wildman–Crippen LogP) is 1.81. The molecule has 28 heavy (non-hydrogen) atoms. The Bertz CT molecular complexity index is 1040. The van der Waals surface area contributed by atoms with Crippen LogP contribution in [0, 0.1) is 6.92 Å². The highest BCUT2D eigenvalue weighted by Gasteiger charge is 2.40. The Hall–Kier alpha value is -3.42. The molecule has 0 aromatic carbocycles. The summed E-state index contributed by atoms with van der Waals surface area (Å²) >= 11 is 0. The summed E-state index contributed by atoms with van der Waals surface area (Å²) in [4.78, 5) is 30.5. The maximum Gasteiger partial charge on any atom is 0.234 e. The van der Waals surface area contributed by atoms with Crippen molar-refractivity contribution in [2.45, 2.75) is 25.8 Å². The summed E-state index contributed by atoms with van der Waals surface area (Å²) < 4.78 is 0. The molecule has 1 fully saturated rings. The second-order valence-corrected chi connectivity index (χ2v) is 7.15. The van der Waals surface area contributed by atoms with Crippen LogP contribution in [0.3, 0.4) is 0 Å². The van der Waals surface area contributed by atoms with Crippen molar-refractivity contribution in [3.63, 3.8) is 0 Å². The number of hydrogen-bond donors (Lipinski definition) is 0. The van der Waals surface area contributed by atoms with E-state index in [0.717, 1.165) is 48.0 Å². The van der Waals surface area contributed by atoms with Crippen LogP contribution in [0.25, 0.3) is 11.3 Å². The summed E-state index contributed by atoms with van der Waals surface area (Å²) in [5, 5.41) is 8.04. The second-order valence-electron chi connectivity index (χ2n) is 7.15. The van der Waals surface area contributed by atoms with Gasteiger partial charge in [-0.1, -0.05) is 0 Å². The average Bonchev–Trinajstić information content (AvgIpc) is 3.13. The monoisotopic (exact) mass is 373 g/mol. The molecular weight excluding hydrogens is 354 g/mol. The van der Waals surface area contributed by atoms with Crippen molar-refractivity contribution in [1.29, 1.82) is 0 Å². The van der Waals surface area contributed by atoms with Gasteiger partial charge in [0.05, 0.1) is 41.4 Å². The molecule has 0 radical (unpaired) electrons. The fourth-order valence-corrected chi connectivity index (χ4v) is 3.97. The third-order valence-electron chi connectivity index (χ3n) is 5.24. The molecule has 0 aliphatic carbocycles. The third-order valence-corrected chi connectivity index (χ3v) is 5.24. The molecule has 2 aliphatic heterocycles. The molecule has 3 aromatic rings. The van der Waals surface area contributed by atoms with E-state index in [4.69, 9.17) is 4.98 Å². The largest absolute Gasteiger partial charge is 0.366 e. The molecule has 0 spiro atoms. The molecule has 1 atom stereocenters. The number of rotatable bonds is 3. The lowest BCUT2D eigenvalue weighted by Gasteiger charge is -2.36. The van der Waals surface area contributed by atoms with Crippen molar-refractivity contribution in [1.82, 2.24) is 25.1 Å². The first-order valence-corrected chi connectivity index (χ1v) is 9.32. The van der Waals surface area contributed by atoms with Gasteiger partial charge in [0.1, 0.15) is 0 Å². The second kappa shape index (κ2) is 6.63. The Morgan fingerprint density at radius 3 is 3.00 bits per heavy atom. The number of nitrogens with zero attached hydrogens (tertiary/aromatic N) is 7. The standard InChI is InChI=1S/C20H19N7O/c1-13-8-14(10-23-25-13)17-2-3-18-20(24-17)27(16-4-7-26(18)12-16)19(28)9-15-11-21-5-6-22-15/h2-3,5-6,8,10-11,16H,4,7,9,12H2,1H3/t16-/m0/s1. The van der Waals surface area contributed by atoms with Crippen LogP contribution in [-0.4, -0.2) is 50.2 Å². The number of carbonyl (C=O) groups excluding carboxylic acids is 1. The van der Waals surface area contributed by atoms with Crippen LogP contribution in [0.4, 0.5) is 11.5 Å². The number of fused-ring (bicyclic) bond motifs is 4. The Labute approximate surface area is 162 Å². The zero-order valence-corrected chi connectivity index (χ0v) is 15.5. The molecule has 8 heteroatoms. The first kappa shape index (κ1) is 16.7. The Morgan fingerprint density at radius 2 is 2.18 bits per heavy atom. The van der Waals surface area contributed by atoms with Crippen LogP contribution < -0.4 is 9.80 Å². The van der Waals surface area contributed by atoms with Crippen molar-refractivity contribution in [2.75, 3.05) is 22.9 Å². The molecule has 0 N–H and O–H groups in total. The van der Waals surface area contributed by atoms with Gasteiger partial charge in [-0.2, -0.15) is 10.2 Å². The van der Waals surface area contributed by atoms with E-state index in [-0.39, 0.29) is 18.4 Å². The maximum absolute atomic E-state index is 13.2. The topological polar surface area (TPSA) is 88.0 Å². The number of pyridine rings is 1. The van der Waals surface area contributed by atoms with Gasteiger partial charge in [0.25, 0.3) is 0 Å². The SMILES string of the molecule is Cc1cc(-c2ccc3c(n2)N(C(=O)Cc2cnccn2)[C@H]2CCN3C2)cnn1. The maximum atomic E-state index is 13.2. The molecule has 1 amide bonds. The van der Waals surface area contributed by atoms with Crippen LogP contribution in [-0.2, 0) is 11.2 Å². The van der Waals surface area contributed by atoms with Gasteiger partial charge in [0.15, 0.2) is 5.82 Å². The van der Waals surface area contributed by atoms with Crippen molar-refractivity contribution in [3.8, 4) is 11.3 Å². The molecule has 2 aliphatic rings. The van der Waals surface area contributed by atoms with Crippen LogP contribution in [0.5, 0.6) is 0 Å². The first-order chi connectivity index (χ1) is 13.7. The predicted molar refractivity (Wildman–Crippen MR) is 104 cm³/mol. The zero-order valence-electron chi connectivity index (χ0n) is 15.5. The number of hydrogen-bond acceptors (Lipinski definition) is 7. The lowest BCUT2D eigenvalue weighted by Crippen LogP contribution is -2.47. The fraction of sp³-hybridized carbons (Fsp3) is 0.300. The molecule has 3 aromatic heterocycles. The Balaban J connectivity index is 1.54. The van der Waals surface area contributed by atoms with Crippen LogP contribution in [0.15, 0.2) is 43.0 Å². The number of anilines is 2. The fourth-order valence-electron chi connectivity index (χ4n) is 3.97. The molecule has 0 unspecified atom stereocenters. The van der Waals surface area contributed by atoms with Crippen LogP contribution >= 0.6 is 0 Å². The van der Waals surface area contributed by atoms with E-state index in [1.807, 2.05) is 24.0 Å². The van der Waals surface area contributed by atoms with Crippen LogP contribution in [0.1, 0.15) is 17.8 Å². The first-order valence-electron chi connectivity index (χ1n) is 9.32. The average molecular weight is 373 g/mol. The number of amides is 1. The third kappa shape index (κ3) is 2.87. The van der Waals surface area contributed by atoms with Gasteiger partial charge in [-0.05, 0) is 31.5 Å². The van der Waals surface area contributed by atoms with E-state index in [2.05, 4.69) is 31.1 Å². The number of carbonyl (C=O) groups is 1. The normalized spacial score (nSPS) is 17.5. The van der Waals surface area contributed by atoms with Gasteiger partial charge in [-0.3, -0.25) is 19.7 Å². The van der Waals surface area contributed by atoms with E-state index in [1.54, 1.807) is 24.8 Å². The molecule has 0 saturated carbocycles. The lowest BCUT2D eigenvalue weighted by molar-refractivity contribution is -0.118. The van der Waals surface area contributed by atoms with Gasteiger partial charge in [-0.15, -0.1) is 0 Å². The summed E-state index contributed by atoms with van der Waals surface area (Å²) in [5.74, 6) is 0.719. The lowest BCUT2D eigenvalue weighted by atomic mass is 10.1. The number of aryl methyl sites for hydroxylation is 1. The summed E-state index contributed by atoms with van der Waals surface area (Å²) in [5.41, 5.74) is 4.18. The van der Waals surface area contributed by atoms with E-state index in [0.29, 0.717) is 5.69 Å². The minimum atomic E-state index is 0.00184. The molecule has 2 bridgehead atoms. The highest BCUT2D eigenvalue weighted by atomic mass is 16.2. The van der Waals surface area contributed by atoms with Gasteiger partial charge in [-0.25, -0.2) is 4.98 Å². The molecular formula is C20H19N7O. The van der Waals surface area contributed by atoms with Gasteiger partial charge >= 0.3 is 0 Å². The molecule has 140 valence electrons. The Kier molecular flexibility index (Phi) is 3.96. The van der Waals surface area contributed by atoms with E-state index in [9.17, 15) is 4.79 Å². The molecule has 8 nitrogen and oxygen atoms in total. The summed E-state index contributed by atoms with van der Waals surface area (Å²) in [7, 11) is 0. The molecule has 1 saturated heterocycles. The summed E-state index contributed by atoms with van der Waals surface area (Å²) in [6, 6.07) is 6.12. The highest BCUT2D eigenvalue weighted by Crippen LogP contribution is 2.40. The Morgan fingerprint density at radius 1 is 1.25 bits per heavy atom. The van der Waals surface area contributed by atoms with Gasteiger partial charge in [0, 0.05) is 37.2 Å². The minimum absolute atomic E-state index is 0.00184. The molecule has 5 heterocycles. The zero-order chi connectivity index (χ0) is 19.1. The highest BCUT2D eigenvalue weighted by molar-refractivity contribution is 5.99. The minimum Gasteiger partial charge on any atom is -0.366 e. The number of aromatic nitrogens is 5. The van der Waals surface area contributed by atoms with Gasteiger partial charge in [0.2, 0.25) is 5.91 Å². The quantitative estimate of drug-likeness (QED) is 0.692. The van der Waals surface area contributed by atoms with Crippen molar-refractivity contribution >= 4 is 17.4 Å². The van der Waals surface area contributed by atoms with Crippen LogP contribution in [0.2, 0.25) is 0 Å². The van der Waals surface area contributed by atoms with Gasteiger partial charge < -0.3 is 4.90 Å². The molecule has 5 rings (SSSR count). The van der Waals surface area contributed by atoms with E-state index in [1.165, 1.54) is 0 Å². The smallest absolute Gasteiger partial charge is 0.234 e. The van der Waals surface area contributed by atoms with Crippen molar-refractivity contribution < 1.29 is 4.79 Å². The van der Waals surface area contributed by atoms with E-state index < -0.39 is 0 Å². The van der Waals surface area contributed by atoms with E-state index >= 15 is 0 Å².